The van der Waals surface area contributed by atoms with Crippen LogP contribution < -0.4 is 15.2 Å². The van der Waals surface area contributed by atoms with Crippen LogP contribution in [0.5, 0.6) is 11.5 Å². The average Bonchev–Trinajstić information content (AvgIpc) is 2.15. The van der Waals surface area contributed by atoms with Crippen molar-refractivity contribution in [1.29, 1.82) is 0 Å². The summed E-state index contributed by atoms with van der Waals surface area (Å²) in [5.74, 6) is 1.06. The van der Waals surface area contributed by atoms with E-state index in [4.69, 9.17) is 20.3 Å². The van der Waals surface area contributed by atoms with E-state index in [9.17, 15) is 0 Å². The molecular formula is C9H13NO3. The van der Waals surface area contributed by atoms with Crippen molar-refractivity contribution in [2.45, 2.75) is 0 Å². The van der Waals surface area contributed by atoms with E-state index in [1.165, 1.54) is 0 Å². The monoisotopic (exact) mass is 183 g/mol. The number of benzene rings is 1. The molecule has 0 atom stereocenters. The highest BCUT2D eigenvalue weighted by Gasteiger charge is 2.06. The van der Waals surface area contributed by atoms with Crippen LogP contribution in [0.25, 0.3) is 0 Å². The van der Waals surface area contributed by atoms with E-state index < -0.39 is 0 Å². The van der Waals surface area contributed by atoms with Crippen LogP contribution in [0.1, 0.15) is 0 Å². The molecule has 0 unspecified atom stereocenters. The van der Waals surface area contributed by atoms with Crippen molar-refractivity contribution >= 4 is 5.69 Å². The number of anilines is 1. The number of aliphatic hydroxyl groups excluding tert-OH is 1. The third-order valence-electron chi connectivity index (χ3n) is 1.57. The summed E-state index contributed by atoms with van der Waals surface area (Å²) < 4.78 is 10.2. The molecule has 0 aromatic heterocycles. The Morgan fingerprint density at radius 2 is 2.23 bits per heavy atom. The molecule has 0 aliphatic carbocycles. The zero-order chi connectivity index (χ0) is 9.68. The Morgan fingerprint density at radius 3 is 2.85 bits per heavy atom. The maximum absolute atomic E-state index is 8.58. The van der Waals surface area contributed by atoms with E-state index in [1.807, 2.05) is 0 Å². The first-order valence-corrected chi connectivity index (χ1v) is 3.95. The Kier molecular flexibility index (Phi) is 3.40. The van der Waals surface area contributed by atoms with Crippen molar-refractivity contribution in [2.75, 3.05) is 26.1 Å². The lowest BCUT2D eigenvalue weighted by Crippen LogP contribution is -2.05. The van der Waals surface area contributed by atoms with Crippen molar-refractivity contribution in [2.24, 2.45) is 0 Å². The third kappa shape index (κ3) is 2.26. The minimum absolute atomic E-state index is 0.0442. The molecule has 0 radical (unpaired) electrons. The van der Waals surface area contributed by atoms with Gasteiger partial charge in [-0.15, -0.1) is 0 Å². The maximum atomic E-state index is 8.58. The van der Waals surface area contributed by atoms with Gasteiger partial charge in [-0.1, -0.05) is 6.07 Å². The summed E-state index contributed by atoms with van der Waals surface area (Å²) in [6, 6.07) is 5.25. The van der Waals surface area contributed by atoms with Crippen molar-refractivity contribution in [1.82, 2.24) is 0 Å². The number of nitrogen functional groups attached to an aromatic ring is 1. The van der Waals surface area contributed by atoms with E-state index in [0.29, 0.717) is 17.2 Å². The molecule has 1 aromatic carbocycles. The molecule has 1 rings (SSSR count). The van der Waals surface area contributed by atoms with Gasteiger partial charge in [0.2, 0.25) is 0 Å². The fourth-order valence-electron chi connectivity index (χ4n) is 0.996. The molecule has 4 heteroatoms. The lowest BCUT2D eigenvalue weighted by molar-refractivity contribution is 0.197. The molecule has 72 valence electrons. The van der Waals surface area contributed by atoms with E-state index in [-0.39, 0.29) is 13.2 Å². The van der Waals surface area contributed by atoms with Crippen LogP contribution in [0, 0.1) is 0 Å². The summed E-state index contributed by atoms with van der Waals surface area (Å²) in [6.45, 7) is 0.169. The molecule has 0 amide bonds. The molecule has 4 nitrogen and oxygen atoms in total. The van der Waals surface area contributed by atoms with E-state index in [0.717, 1.165) is 0 Å². The number of para-hydroxylation sites is 1. The largest absolute Gasteiger partial charge is 0.493 e. The van der Waals surface area contributed by atoms with E-state index >= 15 is 0 Å². The summed E-state index contributed by atoms with van der Waals surface area (Å²) >= 11 is 0. The normalized spacial score (nSPS) is 9.69. The Hall–Kier alpha value is -1.42. The molecule has 0 heterocycles. The molecule has 1 aromatic rings. The van der Waals surface area contributed by atoms with E-state index in [2.05, 4.69) is 0 Å². The molecule has 3 N–H and O–H groups in total. The lowest BCUT2D eigenvalue weighted by Gasteiger charge is -2.11. The maximum Gasteiger partial charge on any atom is 0.184 e. The van der Waals surface area contributed by atoms with Gasteiger partial charge in [0, 0.05) is 0 Å². The average molecular weight is 183 g/mol. The van der Waals surface area contributed by atoms with Gasteiger partial charge in [0.1, 0.15) is 6.61 Å². The SMILES string of the molecule is COc1cccc(N)c1OCCO. The smallest absolute Gasteiger partial charge is 0.184 e. The molecule has 0 aliphatic rings. The second kappa shape index (κ2) is 4.57. The summed E-state index contributed by atoms with van der Waals surface area (Å²) in [5.41, 5.74) is 6.16. The first-order valence-electron chi connectivity index (χ1n) is 3.95. The number of ether oxygens (including phenoxy) is 2. The Labute approximate surface area is 76.9 Å². The number of methoxy groups -OCH3 is 1. The van der Waals surface area contributed by atoms with Crippen LogP contribution in [-0.2, 0) is 0 Å². The molecule has 0 spiro atoms. The van der Waals surface area contributed by atoms with Crippen LogP contribution in [-0.4, -0.2) is 25.4 Å². The summed E-state index contributed by atoms with van der Waals surface area (Å²) in [6.07, 6.45) is 0. The predicted octanol–water partition coefficient (Wildman–Crippen LogP) is 0.649. The first kappa shape index (κ1) is 9.67. The van der Waals surface area contributed by atoms with Gasteiger partial charge in [-0.3, -0.25) is 0 Å². The Morgan fingerprint density at radius 1 is 1.46 bits per heavy atom. The van der Waals surface area contributed by atoms with Crippen LogP contribution in [0.4, 0.5) is 5.69 Å². The molecule has 0 saturated heterocycles. The van der Waals surface area contributed by atoms with Crippen molar-refractivity contribution < 1.29 is 14.6 Å². The Bertz CT molecular complexity index is 276. The van der Waals surface area contributed by atoms with Crippen molar-refractivity contribution in [3.8, 4) is 11.5 Å². The van der Waals surface area contributed by atoms with Crippen LogP contribution in [0.3, 0.4) is 0 Å². The number of hydrogen-bond acceptors (Lipinski definition) is 4. The molecule has 0 aliphatic heterocycles. The molecule has 0 saturated carbocycles. The first-order chi connectivity index (χ1) is 6.29. The quantitative estimate of drug-likeness (QED) is 0.672. The number of nitrogens with two attached hydrogens (primary N) is 1. The van der Waals surface area contributed by atoms with Crippen LogP contribution in [0.2, 0.25) is 0 Å². The van der Waals surface area contributed by atoms with Gasteiger partial charge >= 0.3 is 0 Å². The number of hydrogen-bond donors (Lipinski definition) is 2. The van der Waals surface area contributed by atoms with E-state index in [1.54, 1.807) is 25.3 Å². The highest BCUT2D eigenvalue weighted by atomic mass is 16.5. The highest BCUT2D eigenvalue weighted by molar-refractivity contribution is 5.60. The molecule has 0 fully saturated rings. The molecular weight excluding hydrogens is 170 g/mol. The standard InChI is InChI=1S/C9H13NO3/c1-12-8-4-2-3-7(10)9(8)13-6-5-11/h2-4,11H,5-6,10H2,1H3. The van der Waals surface area contributed by atoms with Gasteiger partial charge in [0.05, 0.1) is 19.4 Å². The lowest BCUT2D eigenvalue weighted by atomic mass is 10.3. The predicted molar refractivity (Wildman–Crippen MR) is 50.0 cm³/mol. The zero-order valence-corrected chi connectivity index (χ0v) is 7.49. The topological polar surface area (TPSA) is 64.7 Å². The van der Waals surface area contributed by atoms with Crippen LogP contribution in [0.15, 0.2) is 18.2 Å². The molecule has 0 bridgehead atoms. The van der Waals surface area contributed by atoms with Gasteiger partial charge in [0.15, 0.2) is 11.5 Å². The minimum atomic E-state index is -0.0442. The van der Waals surface area contributed by atoms with Crippen LogP contribution >= 0.6 is 0 Å². The summed E-state index contributed by atoms with van der Waals surface area (Å²) in [4.78, 5) is 0. The summed E-state index contributed by atoms with van der Waals surface area (Å²) in [5, 5.41) is 8.58. The fraction of sp³-hybridized carbons (Fsp3) is 0.333. The van der Waals surface area contributed by atoms with Gasteiger partial charge in [-0.05, 0) is 12.1 Å². The number of aliphatic hydroxyl groups is 1. The highest BCUT2D eigenvalue weighted by Crippen LogP contribution is 2.32. The Balaban J connectivity index is 2.87. The summed E-state index contributed by atoms with van der Waals surface area (Å²) in [7, 11) is 1.54. The van der Waals surface area contributed by atoms with Gasteiger partial charge in [-0.2, -0.15) is 0 Å². The van der Waals surface area contributed by atoms with Gasteiger partial charge in [0.25, 0.3) is 0 Å². The third-order valence-corrected chi connectivity index (χ3v) is 1.57. The van der Waals surface area contributed by atoms with Crippen molar-refractivity contribution in [3.63, 3.8) is 0 Å². The van der Waals surface area contributed by atoms with Gasteiger partial charge < -0.3 is 20.3 Å². The molecule has 13 heavy (non-hydrogen) atoms. The zero-order valence-electron chi connectivity index (χ0n) is 7.49. The van der Waals surface area contributed by atoms with Gasteiger partial charge in [-0.25, -0.2) is 0 Å². The van der Waals surface area contributed by atoms with Crippen molar-refractivity contribution in [3.05, 3.63) is 18.2 Å². The second-order valence-electron chi connectivity index (χ2n) is 2.45. The fourth-order valence-corrected chi connectivity index (χ4v) is 0.996. The number of rotatable bonds is 4. The minimum Gasteiger partial charge on any atom is -0.493 e. The second-order valence-corrected chi connectivity index (χ2v) is 2.45.